The average molecular weight is 402 g/mol. The lowest BCUT2D eigenvalue weighted by Crippen LogP contribution is -2.27. The number of halogens is 3. The van der Waals surface area contributed by atoms with Crippen LogP contribution in [0.1, 0.15) is 46.7 Å². The first kappa shape index (κ1) is 19.5. The highest BCUT2D eigenvalue weighted by molar-refractivity contribution is 5.97. The molecule has 29 heavy (non-hydrogen) atoms. The van der Waals surface area contributed by atoms with Gasteiger partial charge in [0, 0.05) is 30.3 Å². The summed E-state index contributed by atoms with van der Waals surface area (Å²) in [6.45, 7) is 1.53. The third kappa shape index (κ3) is 4.13. The summed E-state index contributed by atoms with van der Waals surface area (Å²) in [5.74, 6) is -1.23. The lowest BCUT2D eigenvalue weighted by Gasteiger charge is -2.15. The largest absolute Gasteiger partial charge is 0.416 e. The average Bonchev–Trinajstić information content (AvgIpc) is 3.32. The summed E-state index contributed by atoms with van der Waals surface area (Å²) in [5, 5.41) is 2.75. The number of carbonyl (C=O) groups excluding carboxylic acids is 2. The molecule has 2 aromatic rings. The smallest absolute Gasteiger partial charge is 0.339 e. The number of hydrogen-bond acceptors (Lipinski definition) is 2. The molecule has 0 aromatic heterocycles. The second-order valence-corrected chi connectivity index (χ2v) is 7.60. The first-order valence-corrected chi connectivity index (χ1v) is 9.71. The van der Waals surface area contributed by atoms with Crippen molar-refractivity contribution in [2.75, 3.05) is 18.4 Å². The molecule has 2 amide bonds. The summed E-state index contributed by atoms with van der Waals surface area (Å²) >= 11 is 0. The Balaban J connectivity index is 1.39. The molecule has 0 radical (unpaired) electrons. The van der Waals surface area contributed by atoms with E-state index in [1.54, 1.807) is 35.2 Å². The standard InChI is InChI=1S/C22H21F3N2O2/c23-22(24,25)19-6-2-1-5-16(19)17-13-18(17)20(28)26-15-9-7-14(8-10-15)21(29)27-11-3-4-12-27/h1-2,5-10,17-18H,3-4,11-13H2,(H,26,28). The van der Waals surface area contributed by atoms with Crippen molar-refractivity contribution in [3.63, 3.8) is 0 Å². The summed E-state index contributed by atoms with van der Waals surface area (Å²) in [4.78, 5) is 26.6. The van der Waals surface area contributed by atoms with Crippen molar-refractivity contribution < 1.29 is 22.8 Å². The zero-order valence-electron chi connectivity index (χ0n) is 15.7. The zero-order chi connectivity index (χ0) is 20.6. The van der Waals surface area contributed by atoms with E-state index in [1.165, 1.54) is 12.1 Å². The number of benzene rings is 2. The molecular weight excluding hydrogens is 381 g/mol. The predicted molar refractivity (Wildman–Crippen MR) is 103 cm³/mol. The first-order chi connectivity index (χ1) is 13.8. The number of nitrogens with zero attached hydrogens (tertiary/aromatic N) is 1. The van der Waals surface area contributed by atoms with E-state index < -0.39 is 23.6 Å². The molecule has 2 aliphatic rings. The highest BCUT2D eigenvalue weighted by Gasteiger charge is 2.47. The van der Waals surface area contributed by atoms with Gasteiger partial charge in [0.25, 0.3) is 5.91 Å². The van der Waals surface area contributed by atoms with Crippen molar-refractivity contribution in [1.82, 2.24) is 4.90 Å². The van der Waals surface area contributed by atoms with Crippen LogP contribution in [0, 0.1) is 5.92 Å². The van der Waals surface area contributed by atoms with Gasteiger partial charge < -0.3 is 10.2 Å². The monoisotopic (exact) mass is 402 g/mol. The van der Waals surface area contributed by atoms with Crippen LogP contribution in [0.3, 0.4) is 0 Å². The van der Waals surface area contributed by atoms with Crippen LogP contribution in [0.2, 0.25) is 0 Å². The SMILES string of the molecule is O=C(Nc1ccc(C(=O)N2CCCC2)cc1)C1CC1c1ccccc1C(F)(F)F. The molecule has 1 aliphatic carbocycles. The van der Waals surface area contributed by atoms with Gasteiger partial charge in [0.15, 0.2) is 0 Å². The molecule has 2 fully saturated rings. The molecule has 1 heterocycles. The Hall–Kier alpha value is -2.83. The molecule has 0 spiro atoms. The van der Waals surface area contributed by atoms with Gasteiger partial charge in [0.1, 0.15) is 0 Å². The van der Waals surface area contributed by atoms with E-state index in [0.29, 0.717) is 17.7 Å². The number of anilines is 1. The van der Waals surface area contributed by atoms with Crippen LogP contribution in [0.5, 0.6) is 0 Å². The highest BCUT2D eigenvalue weighted by Crippen LogP contribution is 2.51. The van der Waals surface area contributed by atoms with Crippen LogP contribution in [-0.4, -0.2) is 29.8 Å². The minimum atomic E-state index is -4.43. The van der Waals surface area contributed by atoms with Crippen molar-refractivity contribution in [2.45, 2.75) is 31.4 Å². The number of amides is 2. The Bertz CT molecular complexity index is 918. The van der Waals surface area contributed by atoms with E-state index in [1.807, 2.05) is 0 Å². The van der Waals surface area contributed by atoms with Crippen molar-refractivity contribution >= 4 is 17.5 Å². The van der Waals surface area contributed by atoms with Gasteiger partial charge in [0.05, 0.1) is 5.56 Å². The number of carbonyl (C=O) groups is 2. The maximum atomic E-state index is 13.2. The maximum Gasteiger partial charge on any atom is 0.416 e. The molecule has 0 bridgehead atoms. The van der Waals surface area contributed by atoms with Crippen molar-refractivity contribution in [2.24, 2.45) is 5.92 Å². The molecule has 1 aliphatic heterocycles. The molecular formula is C22H21F3N2O2. The molecule has 2 aromatic carbocycles. The van der Waals surface area contributed by atoms with E-state index >= 15 is 0 Å². The molecule has 4 nitrogen and oxygen atoms in total. The summed E-state index contributed by atoms with van der Waals surface area (Å²) in [6, 6.07) is 12.1. The Labute approximate surface area is 166 Å². The second kappa shape index (κ2) is 7.54. The lowest BCUT2D eigenvalue weighted by molar-refractivity contribution is -0.138. The van der Waals surface area contributed by atoms with Gasteiger partial charge >= 0.3 is 6.18 Å². The van der Waals surface area contributed by atoms with Gasteiger partial charge in [-0.15, -0.1) is 0 Å². The molecule has 1 N–H and O–H groups in total. The molecule has 2 atom stereocenters. The summed E-state index contributed by atoms with van der Waals surface area (Å²) in [5.41, 5.74) is 0.591. The van der Waals surface area contributed by atoms with E-state index in [4.69, 9.17) is 0 Å². The summed E-state index contributed by atoms with van der Waals surface area (Å²) in [6.07, 6.45) is -2.01. The van der Waals surface area contributed by atoms with Crippen LogP contribution in [0.4, 0.5) is 18.9 Å². The molecule has 4 rings (SSSR count). The molecule has 2 unspecified atom stereocenters. The quantitative estimate of drug-likeness (QED) is 0.807. The minimum Gasteiger partial charge on any atom is -0.339 e. The van der Waals surface area contributed by atoms with E-state index in [-0.39, 0.29) is 17.4 Å². The number of hydrogen-bond donors (Lipinski definition) is 1. The number of alkyl halides is 3. The normalized spacial score (nSPS) is 21.1. The summed E-state index contributed by atoms with van der Waals surface area (Å²) in [7, 11) is 0. The lowest BCUT2D eigenvalue weighted by atomic mass is 10.0. The Morgan fingerprint density at radius 3 is 2.28 bits per heavy atom. The van der Waals surface area contributed by atoms with Gasteiger partial charge in [-0.3, -0.25) is 9.59 Å². The fourth-order valence-electron chi connectivity index (χ4n) is 3.94. The predicted octanol–water partition coefficient (Wildman–Crippen LogP) is 4.68. The first-order valence-electron chi connectivity index (χ1n) is 9.71. The number of rotatable bonds is 4. The maximum absolute atomic E-state index is 13.2. The van der Waals surface area contributed by atoms with Crippen molar-refractivity contribution in [1.29, 1.82) is 0 Å². The van der Waals surface area contributed by atoms with E-state index in [0.717, 1.165) is 32.0 Å². The van der Waals surface area contributed by atoms with Gasteiger partial charge in [-0.05, 0) is 61.1 Å². The second-order valence-electron chi connectivity index (χ2n) is 7.60. The highest BCUT2D eigenvalue weighted by atomic mass is 19.4. The fourth-order valence-corrected chi connectivity index (χ4v) is 3.94. The molecule has 1 saturated heterocycles. The third-order valence-electron chi connectivity index (χ3n) is 5.59. The van der Waals surface area contributed by atoms with Crippen molar-refractivity contribution in [3.8, 4) is 0 Å². The van der Waals surface area contributed by atoms with Gasteiger partial charge in [-0.25, -0.2) is 0 Å². The van der Waals surface area contributed by atoms with E-state index in [9.17, 15) is 22.8 Å². The fraction of sp³-hybridized carbons (Fsp3) is 0.364. The molecule has 152 valence electrons. The minimum absolute atomic E-state index is 0.0219. The third-order valence-corrected chi connectivity index (χ3v) is 5.59. The Morgan fingerprint density at radius 1 is 0.966 bits per heavy atom. The summed E-state index contributed by atoms with van der Waals surface area (Å²) < 4.78 is 39.6. The van der Waals surface area contributed by atoms with E-state index in [2.05, 4.69) is 5.32 Å². The molecule has 1 saturated carbocycles. The van der Waals surface area contributed by atoms with Gasteiger partial charge in [0.2, 0.25) is 5.91 Å². The van der Waals surface area contributed by atoms with Gasteiger partial charge in [-0.1, -0.05) is 18.2 Å². The number of likely N-dealkylation sites (tertiary alicyclic amines) is 1. The van der Waals surface area contributed by atoms with Crippen LogP contribution >= 0.6 is 0 Å². The van der Waals surface area contributed by atoms with Crippen LogP contribution in [-0.2, 0) is 11.0 Å². The van der Waals surface area contributed by atoms with Crippen LogP contribution in [0.25, 0.3) is 0 Å². The molecule has 7 heteroatoms. The van der Waals surface area contributed by atoms with Crippen LogP contribution < -0.4 is 5.32 Å². The zero-order valence-corrected chi connectivity index (χ0v) is 15.7. The number of nitrogens with one attached hydrogen (secondary N) is 1. The Kier molecular flexibility index (Phi) is 5.06. The topological polar surface area (TPSA) is 49.4 Å². The van der Waals surface area contributed by atoms with Crippen LogP contribution in [0.15, 0.2) is 48.5 Å². The Morgan fingerprint density at radius 2 is 1.62 bits per heavy atom. The van der Waals surface area contributed by atoms with Crippen molar-refractivity contribution in [3.05, 3.63) is 65.2 Å². The van der Waals surface area contributed by atoms with Gasteiger partial charge in [-0.2, -0.15) is 13.2 Å².